The van der Waals surface area contributed by atoms with Gasteiger partial charge in [-0.1, -0.05) is 0 Å². The molecule has 0 fully saturated rings. The highest BCUT2D eigenvalue weighted by molar-refractivity contribution is 5.85. The molecule has 0 rings (SSSR count). The summed E-state index contributed by atoms with van der Waals surface area (Å²) in [6.07, 6.45) is 0. The fraction of sp³-hybridized carbons (Fsp3) is 0.667. The lowest BCUT2D eigenvalue weighted by molar-refractivity contribution is -0.144. The summed E-state index contributed by atoms with van der Waals surface area (Å²) in [6.45, 7) is 4.88. The third-order valence-corrected chi connectivity index (χ3v) is 1.37. The lowest BCUT2D eigenvalue weighted by Gasteiger charge is -2.06. The quantitative estimate of drug-likeness (QED) is 0.247. The maximum Gasteiger partial charge on any atom is 0.373 e. The molecule has 0 aromatic rings. The lowest BCUT2D eigenvalue weighted by Crippen LogP contribution is -2.14. The molecule has 0 unspecified atom stereocenters. The van der Waals surface area contributed by atoms with Gasteiger partial charge in [-0.3, -0.25) is 0 Å². The first-order chi connectivity index (χ1) is 6.72. The number of carbonyl (C=O) groups excluding carboxylic acids is 1. The smallest absolute Gasteiger partial charge is 0.373 e. The van der Waals surface area contributed by atoms with Crippen molar-refractivity contribution in [3.63, 3.8) is 0 Å². The van der Waals surface area contributed by atoms with E-state index in [2.05, 4.69) is 11.3 Å². The summed E-state index contributed by atoms with van der Waals surface area (Å²) in [5, 5.41) is 0. The van der Waals surface area contributed by atoms with Crippen LogP contribution in [-0.2, 0) is 23.7 Å². The van der Waals surface area contributed by atoms with Crippen LogP contribution in [0.5, 0.6) is 0 Å². The van der Waals surface area contributed by atoms with Crippen LogP contribution in [0.4, 0.5) is 0 Å². The lowest BCUT2D eigenvalue weighted by atomic mass is 10.6. The second-order valence-corrected chi connectivity index (χ2v) is 2.37. The van der Waals surface area contributed by atoms with Crippen LogP contribution in [0.1, 0.15) is 0 Å². The Morgan fingerprint density at radius 3 is 2.36 bits per heavy atom. The van der Waals surface area contributed by atoms with Crippen LogP contribution in [0.3, 0.4) is 0 Å². The maximum absolute atomic E-state index is 10.9. The molecule has 0 N–H and O–H groups in total. The molecule has 0 aliphatic rings. The first-order valence-electron chi connectivity index (χ1n) is 4.19. The predicted molar refractivity (Wildman–Crippen MR) is 49.8 cm³/mol. The van der Waals surface area contributed by atoms with E-state index in [0.717, 1.165) is 0 Å². The average Bonchev–Trinajstić information content (AvgIpc) is 2.21. The SMILES string of the molecule is C=C(OC)C(=O)OCCOCCOC. The van der Waals surface area contributed by atoms with E-state index < -0.39 is 5.97 Å². The van der Waals surface area contributed by atoms with Crippen molar-refractivity contribution in [2.45, 2.75) is 0 Å². The van der Waals surface area contributed by atoms with Crippen LogP contribution >= 0.6 is 0 Å². The summed E-state index contributed by atoms with van der Waals surface area (Å²) >= 11 is 0. The molecular weight excluding hydrogens is 188 g/mol. The van der Waals surface area contributed by atoms with Gasteiger partial charge in [0.25, 0.3) is 0 Å². The summed E-state index contributed by atoms with van der Waals surface area (Å²) in [5.41, 5.74) is 0. The molecule has 0 aliphatic carbocycles. The number of hydrogen-bond donors (Lipinski definition) is 0. The summed E-state index contributed by atoms with van der Waals surface area (Å²) in [7, 11) is 2.95. The fourth-order valence-electron chi connectivity index (χ4n) is 0.601. The normalized spacial score (nSPS) is 9.57. The summed E-state index contributed by atoms with van der Waals surface area (Å²) < 4.78 is 19.1. The van der Waals surface area contributed by atoms with Crippen LogP contribution in [0, 0.1) is 0 Å². The Kier molecular flexibility index (Phi) is 7.87. The van der Waals surface area contributed by atoms with E-state index in [9.17, 15) is 4.79 Å². The molecule has 14 heavy (non-hydrogen) atoms. The van der Waals surface area contributed by atoms with Gasteiger partial charge in [-0.2, -0.15) is 0 Å². The van der Waals surface area contributed by atoms with E-state index in [1.807, 2.05) is 0 Å². The predicted octanol–water partition coefficient (Wildman–Crippen LogP) is 0.353. The molecule has 0 saturated carbocycles. The van der Waals surface area contributed by atoms with Crippen molar-refractivity contribution in [3.05, 3.63) is 12.3 Å². The minimum absolute atomic E-state index is 0.0121. The van der Waals surface area contributed by atoms with Crippen LogP contribution in [-0.4, -0.2) is 46.6 Å². The zero-order valence-electron chi connectivity index (χ0n) is 8.58. The Morgan fingerprint density at radius 2 is 1.79 bits per heavy atom. The van der Waals surface area contributed by atoms with Gasteiger partial charge in [0.15, 0.2) is 5.76 Å². The Hall–Kier alpha value is -1.07. The van der Waals surface area contributed by atoms with E-state index in [4.69, 9.17) is 14.2 Å². The number of ether oxygens (including phenoxy) is 4. The Morgan fingerprint density at radius 1 is 1.14 bits per heavy atom. The minimum Gasteiger partial charge on any atom is -0.490 e. The first-order valence-corrected chi connectivity index (χ1v) is 4.19. The van der Waals surface area contributed by atoms with Crippen molar-refractivity contribution in [1.82, 2.24) is 0 Å². The van der Waals surface area contributed by atoms with Gasteiger partial charge in [-0.25, -0.2) is 4.79 Å². The monoisotopic (exact) mass is 204 g/mol. The van der Waals surface area contributed by atoms with E-state index in [-0.39, 0.29) is 12.4 Å². The average molecular weight is 204 g/mol. The molecule has 0 aromatic carbocycles. The summed E-state index contributed by atoms with van der Waals surface area (Å²) in [6, 6.07) is 0. The summed E-state index contributed by atoms with van der Waals surface area (Å²) in [5.74, 6) is -0.579. The number of rotatable bonds is 8. The highest BCUT2D eigenvalue weighted by atomic mass is 16.6. The fourth-order valence-corrected chi connectivity index (χ4v) is 0.601. The molecule has 0 radical (unpaired) electrons. The van der Waals surface area contributed by atoms with E-state index >= 15 is 0 Å². The molecule has 0 amide bonds. The van der Waals surface area contributed by atoms with Gasteiger partial charge in [-0.05, 0) is 6.58 Å². The van der Waals surface area contributed by atoms with Crippen LogP contribution in [0.25, 0.3) is 0 Å². The number of carbonyl (C=O) groups is 1. The zero-order chi connectivity index (χ0) is 10.8. The molecular formula is C9H16O5. The Balaban J connectivity index is 3.27. The van der Waals surface area contributed by atoms with Crippen LogP contribution in [0.2, 0.25) is 0 Å². The Bertz CT molecular complexity index is 178. The number of hydrogen-bond acceptors (Lipinski definition) is 5. The van der Waals surface area contributed by atoms with Gasteiger partial charge in [0.2, 0.25) is 0 Å². The zero-order valence-corrected chi connectivity index (χ0v) is 8.58. The Labute approximate surface area is 83.6 Å². The molecule has 0 spiro atoms. The second-order valence-electron chi connectivity index (χ2n) is 2.37. The second kappa shape index (κ2) is 8.52. The molecule has 0 aliphatic heterocycles. The summed E-state index contributed by atoms with van der Waals surface area (Å²) in [4.78, 5) is 10.9. The van der Waals surface area contributed by atoms with E-state index in [0.29, 0.717) is 19.8 Å². The number of methoxy groups -OCH3 is 2. The molecule has 0 atom stereocenters. The van der Waals surface area contributed by atoms with E-state index in [1.165, 1.54) is 7.11 Å². The highest BCUT2D eigenvalue weighted by Crippen LogP contribution is 1.94. The molecule has 0 bridgehead atoms. The standard InChI is InChI=1S/C9H16O5/c1-8(12-3)9(10)14-7-6-13-5-4-11-2/h1,4-7H2,2-3H3. The van der Waals surface area contributed by atoms with Gasteiger partial charge >= 0.3 is 5.97 Å². The largest absolute Gasteiger partial charge is 0.490 e. The van der Waals surface area contributed by atoms with Gasteiger partial charge in [0, 0.05) is 7.11 Å². The highest BCUT2D eigenvalue weighted by Gasteiger charge is 2.06. The minimum atomic E-state index is -0.567. The first kappa shape index (κ1) is 12.9. The van der Waals surface area contributed by atoms with Crippen molar-refractivity contribution >= 4 is 5.97 Å². The van der Waals surface area contributed by atoms with Gasteiger partial charge in [-0.15, -0.1) is 0 Å². The molecule has 5 heteroatoms. The third kappa shape index (κ3) is 6.45. The van der Waals surface area contributed by atoms with Gasteiger partial charge in [0.05, 0.1) is 26.9 Å². The van der Waals surface area contributed by atoms with Crippen molar-refractivity contribution in [3.8, 4) is 0 Å². The molecule has 0 saturated heterocycles. The molecule has 0 heterocycles. The molecule has 82 valence electrons. The van der Waals surface area contributed by atoms with E-state index in [1.54, 1.807) is 7.11 Å². The van der Waals surface area contributed by atoms with Crippen molar-refractivity contribution < 1.29 is 23.7 Å². The van der Waals surface area contributed by atoms with Crippen molar-refractivity contribution in [2.75, 3.05) is 40.6 Å². The van der Waals surface area contributed by atoms with Crippen LogP contribution < -0.4 is 0 Å². The maximum atomic E-state index is 10.9. The van der Waals surface area contributed by atoms with Crippen molar-refractivity contribution in [1.29, 1.82) is 0 Å². The third-order valence-electron chi connectivity index (χ3n) is 1.37. The van der Waals surface area contributed by atoms with Crippen LogP contribution in [0.15, 0.2) is 12.3 Å². The van der Waals surface area contributed by atoms with Crippen molar-refractivity contribution in [2.24, 2.45) is 0 Å². The molecule has 0 aromatic heterocycles. The van der Waals surface area contributed by atoms with Gasteiger partial charge in [0.1, 0.15) is 6.61 Å². The molecule has 5 nitrogen and oxygen atoms in total. The topological polar surface area (TPSA) is 54.0 Å². The van der Waals surface area contributed by atoms with Gasteiger partial charge < -0.3 is 18.9 Å². The number of esters is 1.